The monoisotopic (exact) mass is 312 g/mol. The molecule has 2 aliphatic rings. The molecule has 0 amide bonds. The zero-order chi connectivity index (χ0) is 15.5. The van der Waals surface area contributed by atoms with E-state index in [9.17, 15) is 0 Å². The van der Waals surface area contributed by atoms with Gasteiger partial charge in [-0.15, -0.1) is 0 Å². The van der Waals surface area contributed by atoms with E-state index in [0.717, 1.165) is 37.6 Å². The Morgan fingerprint density at radius 1 is 0.957 bits per heavy atom. The molecule has 4 nitrogen and oxygen atoms in total. The molecule has 0 saturated heterocycles. The topological polar surface area (TPSA) is 44.3 Å². The average molecular weight is 312 g/mol. The Kier molecular flexibility index (Phi) is 4.18. The fourth-order valence-electron chi connectivity index (χ4n) is 3.28. The number of rotatable bonds is 4. The van der Waals surface area contributed by atoms with Crippen molar-refractivity contribution in [2.24, 2.45) is 0 Å². The highest BCUT2D eigenvalue weighted by Crippen LogP contribution is 2.30. The van der Waals surface area contributed by atoms with Gasteiger partial charge in [0.15, 0.2) is 17.6 Å². The number of benzene rings is 2. The highest BCUT2D eigenvalue weighted by molar-refractivity contribution is 5.40. The predicted molar refractivity (Wildman–Crippen MR) is 86.9 cm³/mol. The number of fused-ring (bicyclic) bond motifs is 2. The standard InChI is InChI=1S/C19H21NO3/c1-2-6-16-14(5-1)9-10-21-19(16)12-20-11-15-13-22-17-7-3-4-8-18(17)23-15/h1-8,15,19-20H,9-13H2/p+1/t15-,19+/m1/s1. The predicted octanol–water partition coefficient (Wildman–Crippen LogP) is 1.70. The van der Waals surface area contributed by atoms with E-state index in [0.29, 0.717) is 6.61 Å². The number of nitrogens with two attached hydrogens (primary N) is 1. The zero-order valence-electron chi connectivity index (χ0n) is 13.1. The molecule has 2 aromatic carbocycles. The second kappa shape index (κ2) is 6.60. The van der Waals surface area contributed by atoms with Gasteiger partial charge in [-0.25, -0.2) is 0 Å². The van der Waals surface area contributed by atoms with Gasteiger partial charge in [-0.1, -0.05) is 36.4 Å². The van der Waals surface area contributed by atoms with Gasteiger partial charge in [0.25, 0.3) is 0 Å². The van der Waals surface area contributed by atoms with Crippen molar-refractivity contribution >= 4 is 0 Å². The van der Waals surface area contributed by atoms with Gasteiger partial charge in [-0.2, -0.15) is 0 Å². The first-order valence-corrected chi connectivity index (χ1v) is 8.30. The number of para-hydroxylation sites is 2. The second-order valence-electron chi connectivity index (χ2n) is 6.07. The maximum absolute atomic E-state index is 5.99. The summed E-state index contributed by atoms with van der Waals surface area (Å²) in [6, 6.07) is 16.4. The first kappa shape index (κ1) is 14.5. The molecule has 0 unspecified atom stereocenters. The molecule has 2 aromatic rings. The maximum atomic E-state index is 5.99. The molecule has 4 heteroatoms. The van der Waals surface area contributed by atoms with E-state index >= 15 is 0 Å². The molecule has 120 valence electrons. The summed E-state index contributed by atoms with van der Waals surface area (Å²) in [4.78, 5) is 0. The Morgan fingerprint density at radius 2 is 1.78 bits per heavy atom. The summed E-state index contributed by atoms with van der Waals surface area (Å²) in [6.07, 6.45) is 1.28. The number of quaternary nitrogens is 1. The summed E-state index contributed by atoms with van der Waals surface area (Å²) in [5.74, 6) is 1.68. The lowest BCUT2D eigenvalue weighted by atomic mass is 9.97. The normalized spacial score (nSPS) is 22.4. The Morgan fingerprint density at radius 3 is 2.74 bits per heavy atom. The molecule has 2 atom stereocenters. The zero-order valence-corrected chi connectivity index (χ0v) is 13.1. The fraction of sp³-hybridized carbons (Fsp3) is 0.368. The van der Waals surface area contributed by atoms with E-state index in [2.05, 4.69) is 29.6 Å². The second-order valence-corrected chi connectivity index (χ2v) is 6.07. The smallest absolute Gasteiger partial charge is 0.181 e. The fourth-order valence-corrected chi connectivity index (χ4v) is 3.28. The molecular weight excluding hydrogens is 290 g/mol. The molecule has 0 spiro atoms. The molecule has 2 N–H and O–H groups in total. The summed E-state index contributed by atoms with van der Waals surface area (Å²) in [5, 5.41) is 2.27. The minimum absolute atomic E-state index is 0.0868. The van der Waals surface area contributed by atoms with Crippen molar-refractivity contribution in [3.8, 4) is 11.5 Å². The van der Waals surface area contributed by atoms with E-state index in [1.165, 1.54) is 11.1 Å². The van der Waals surface area contributed by atoms with Gasteiger partial charge in [0.2, 0.25) is 0 Å². The first-order chi connectivity index (χ1) is 11.4. The third kappa shape index (κ3) is 3.19. The Bertz CT molecular complexity index is 673. The minimum Gasteiger partial charge on any atom is -0.486 e. The molecule has 0 aliphatic carbocycles. The Balaban J connectivity index is 1.32. The van der Waals surface area contributed by atoms with E-state index in [4.69, 9.17) is 14.2 Å². The van der Waals surface area contributed by atoms with Gasteiger partial charge in [0, 0.05) is 0 Å². The van der Waals surface area contributed by atoms with E-state index in [1.807, 2.05) is 24.3 Å². The van der Waals surface area contributed by atoms with E-state index in [1.54, 1.807) is 0 Å². The van der Waals surface area contributed by atoms with Gasteiger partial charge < -0.3 is 19.5 Å². The molecule has 2 aliphatic heterocycles. The SMILES string of the molecule is c1ccc2c(c1)CCO[C@H]2C[NH2+]C[C@@H]1COc2ccccc2O1. The molecule has 23 heavy (non-hydrogen) atoms. The van der Waals surface area contributed by atoms with Gasteiger partial charge in [-0.3, -0.25) is 0 Å². The quantitative estimate of drug-likeness (QED) is 0.935. The van der Waals surface area contributed by atoms with Crippen LogP contribution < -0.4 is 14.8 Å². The Labute approximate surface area is 136 Å². The van der Waals surface area contributed by atoms with Gasteiger partial charge >= 0.3 is 0 Å². The van der Waals surface area contributed by atoms with Crippen LogP contribution in [0.2, 0.25) is 0 Å². The third-order valence-electron chi connectivity index (χ3n) is 4.47. The third-order valence-corrected chi connectivity index (χ3v) is 4.47. The van der Waals surface area contributed by atoms with Crippen molar-refractivity contribution in [2.45, 2.75) is 18.6 Å². The number of ether oxygens (including phenoxy) is 3. The number of hydrogen-bond acceptors (Lipinski definition) is 3. The molecule has 4 rings (SSSR count). The van der Waals surface area contributed by atoms with E-state index < -0.39 is 0 Å². The first-order valence-electron chi connectivity index (χ1n) is 8.30. The van der Waals surface area contributed by atoms with Crippen molar-refractivity contribution in [3.63, 3.8) is 0 Å². The Hall–Kier alpha value is -2.04. The highest BCUT2D eigenvalue weighted by Gasteiger charge is 2.25. The van der Waals surface area contributed by atoms with Crippen LogP contribution in [0.3, 0.4) is 0 Å². The molecular formula is C19H22NO3+. The van der Waals surface area contributed by atoms with Crippen LogP contribution in [-0.4, -0.2) is 32.4 Å². The van der Waals surface area contributed by atoms with Crippen molar-refractivity contribution < 1.29 is 19.5 Å². The summed E-state index contributed by atoms with van der Waals surface area (Å²) < 4.78 is 17.7. The van der Waals surface area contributed by atoms with Crippen LogP contribution in [0.1, 0.15) is 17.2 Å². The van der Waals surface area contributed by atoms with Gasteiger partial charge in [0.1, 0.15) is 25.8 Å². The molecule has 0 fully saturated rings. The van der Waals surface area contributed by atoms with Crippen LogP contribution in [-0.2, 0) is 11.2 Å². The molecule has 2 heterocycles. The molecule has 0 saturated carbocycles. The van der Waals surface area contributed by atoms with Crippen LogP contribution in [0.4, 0.5) is 0 Å². The largest absolute Gasteiger partial charge is 0.486 e. The average Bonchev–Trinajstić information content (AvgIpc) is 2.62. The minimum atomic E-state index is 0.0868. The summed E-state index contributed by atoms with van der Waals surface area (Å²) in [7, 11) is 0. The van der Waals surface area contributed by atoms with Crippen molar-refractivity contribution in [3.05, 3.63) is 59.7 Å². The summed E-state index contributed by atoms with van der Waals surface area (Å²) >= 11 is 0. The highest BCUT2D eigenvalue weighted by atomic mass is 16.6. The van der Waals surface area contributed by atoms with Crippen molar-refractivity contribution in [1.82, 2.24) is 0 Å². The van der Waals surface area contributed by atoms with Crippen LogP contribution in [0, 0.1) is 0 Å². The molecule has 0 bridgehead atoms. The lowest BCUT2D eigenvalue weighted by Crippen LogP contribution is -2.88. The van der Waals surface area contributed by atoms with Gasteiger partial charge in [0.05, 0.1) is 6.61 Å². The van der Waals surface area contributed by atoms with Crippen molar-refractivity contribution in [2.75, 3.05) is 26.3 Å². The molecule has 0 aromatic heterocycles. The van der Waals surface area contributed by atoms with E-state index in [-0.39, 0.29) is 12.2 Å². The molecule has 0 radical (unpaired) electrons. The summed E-state index contributed by atoms with van der Waals surface area (Å²) in [6.45, 7) is 3.20. The van der Waals surface area contributed by atoms with Crippen LogP contribution in [0.25, 0.3) is 0 Å². The van der Waals surface area contributed by atoms with Crippen LogP contribution >= 0.6 is 0 Å². The van der Waals surface area contributed by atoms with Crippen LogP contribution in [0.15, 0.2) is 48.5 Å². The lowest BCUT2D eigenvalue weighted by Gasteiger charge is -2.27. The van der Waals surface area contributed by atoms with Gasteiger partial charge in [-0.05, 0) is 29.7 Å². The number of hydrogen-bond donors (Lipinski definition) is 1. The van der Waals surface area contributed by atoms with Crippen molar-refractivity contribution in [1.29, 1.82) is 0 Å². The lowest BCUT2D eigenvalue weighted by molar-refractivity contribution is -0.668. The van der Waals surface area contributed by atoms with Crippen LogP contribution in [0.5, 0.6) is 11.5 Å². The maximum Gasteiger partial charge on any atom is 0.181 e. The summed E-state index contributed by atoms with van der Waals surface area (Å²) in [5.41, 5.74) is 2.75.